The first-order valence-corrected chi connectivity index (χ1v) is 6.51. The molecule has 0 aromatic heterocycles. The number of hydrogen-bond donors (Lipinski definition) is 2. The molecule has 0 fully saturated rings. The monoisotopic (exact) mass is 288 g/mol. The molecule has 2 aromatic rings. The number of halogens is 1. The van der Waals surface area contributed by atoms with Crippen LogP contribution in [0.2, 0.25) is 0 Å². The van der Waals surface area contributed by atoms with Gasteiger partial charge < -0.3 is 15.8 Å². The van der Waals surface area contributed by atoms with Gasteiger partial charge in [-0.05, 0) is 49.4 Å². The summed E-state index contributed by atoms with van der Waals surface area (Å²) in [6.45, 7) is 1.77. The standard InChI is InChI=1S/C16H17FN2O2/c1-10(14-9-12(17)5-8-15(14)21-2)19-16(20)11-3-6-13(18)7-4-11/h3-10H,18H2,1-2H3,(H,19,20). The van der Waals surface area contributed by atoms with E-state index in [1.165, 1.54) is 25.3 Å². The summed E-state index contributed by atoms with van der Waals surface area (Å²) in [6.07, 6.45) is 0. The maximum atomic E-state index is 13.4. The van der Waals surface area contributed by atoms with Crippen LogP contribution in [-0.4, -0.2) is 13.0 Å². The summed E-state index contributed by atoms with van der Waals surface area (Å²) in [5.41, 5.74) is 7.25. The van der Waals surface area contributed by atoms with Gasteiger partial charge in [-0.1, -0.05) is 0 Å². The summed E-state index contributed by atoms with van der Waals surface area (Å²) >= 11 is 0. The third-order valence-corrected chi connectivity index (χ3v) is 3.18. The molecule has 2 rings (SSSR count). The second kappa shape index (κ2) is 6.26. The molecule has 1 unspecified atom stereocenters. The summed E-state index contributed by atoms with van der Waals surface area (Å²) in [4.78, 5) is 12.1. The molecule has 3 N–H and O–H groups in total. The van der Waals surface area contributed by atoms with Crippen LogP contribution in [0, 0.1) is 5.82 Å². The van der Waals surface area contributed by atoms with E-state index >= 15 is 0 Å². The first kappa shape index (κ1) is 14.8. The highest BCUT2D eigenvalue weighted by atomic mass is 19.1. The summed E-state index contributed by atoms with van der Waals surface area (Å²) in [5.74, 6) is -0.102. The van der Waals surface area contributed by atoms with Crippen molar-refractivity contribution in [1.82, 2.24) is 5.32 Å². The van der Waals surface area contributed by atoms with Gasteiger partial charge >= 0.3 is 0 Å². The van der Waals surface area contributed by atoms with Crippen molar-refractivity contribution in [3.05, 3.63) is 59.4 Å². The smallest absolute Gasteiger partial charge is 0.251 e. The van der Waals surface area contributed by atoms with Crippen LogP contribution < -0.4 is 15.8 Å². The Morgan fingerprint density at radius 1 is 1.24 bits per heavy atom. The SMILES string of the molecule is COc1ccc(F)cc1C(C)NC(=O)c1ccc(N)cc1. The minimum Gasteiger partial charge on any atom is -0.496 e. The molecule has 4 nitrogen and oxygen atoms in total. The zero-order valence-electron chi connectivity index (χ0n) is 11.9. The zero-order chi connectivity index (χ0) is 15.4. The Bertz CT molecular complexity index is 641. The number of nitrogens with one attached hydrogen (secondary N) is 1. The van der Waals surface area contributed by atoms with Gasteiger partial charge in [0.25, 0.3) is 5.91 Å². The number of rotatable bonds is 4. The van der Waals surface area contributed by atoms with Crippen LogP contribution in [0.1, 0.15) is 28.9 Å². The number of nitrogens with two attached hydrogens (primary N) is 1. The average Bonchev–Trinajstić information content (AvgIpc) is 2.47. The third kappa shape index (κ3) is 3.51. The Morgan fingerprint density at radius 2 is 1.90 bits per heavy atom. The van der Waals surface area contributed by atoms with E-state index in [2.05, 4.69) is 5.32 Å². The van der Waals surface area contributed by atoms with Crippen molar-refractivity contribution in [2.24, 2.45) is 0 Å². The summed E-state index contributed by atoms with van der Waals surface area (Å²) < 4.78 is 18.6. The molecule has 0 spiro atoms. The highest BCUT2D eigenvalue weighted by Gasteiger charge is 2.16. The largest absolute Gasteiger partial charge is 0.496 e. The maximum absolute atomic E-state index is 13.4. The van der Waals surface area contributed by atoms with Gasteiger partial charge in [0.2, 0.25) is 0 Å². The minimum absolute atomic E-state index is 0.256. The fourth-order valence-corrected chi connectivity index (χ4v) is 2.04. The van der Waals surface area contributed by atoms with E-state index in [-0.39, 0.29) is 17.8 Å². The van der Waals surface area contributed by atoms with Gasteiger partial charge in [0.05, 0.1) is 13.2 Å². The van der Waals surface area contributed by atoms with Crippen LogP contribution in [0.5, 0.6) is 5.75 Å². The molecule has 2 aromatic carbocycles. The number of carbonyl (C=O) groups excluding carboxylic acids is 1. The molecule has 0 saturated heterocycles. The van der Waals surface area contributed by atoms with Crippen LogP contribution in [0.15, 0.2) is 42.5 Å². The third-order valence-electron chi connectivity index (χ3n) is 3.18. The van der Waals surface area contributed by atoms with Gasteiger partial charge in [0, 0.05) is 16.8 Å². The van der Waals surface area contributed by atoms with Gasteiger partial charge in [-0.25, -0.2) is 4.39 Å². The predicted octanol–water partition coefficient (Wildman–Crippen LogP) is 2.91. The quantitative estimate of drug-likeness (QED) is 0.850. The Morgan fingerprint density at radius 3 is 2.52 bits per heavy atom. The molecular weight excluding hydrogens is 271 g/mol. The normalized spacial score (nSPS) is 11.8. The molecule has 5 heteroatoms. The lowest BCUT2D eigenvalue weighted by atomic mass is 10.1. The summed E-state index contributed by atoms with van der Waals surface area (Å²) in [6, 6.07) is 10.4. The molecule has 21 heavy (non-hydrogen) atoms. The Kier molecular flexibility index (Phi) is 4.42. The van der Waals surface area contributed by atoms with E-state index in [4.69, 9.17) is 10.5 Å². The molecule has 0 radical (unpaired) electrons. The fraction of sp³-hybridized carbons (Fsp3) is 0.188. The second-order valence-electron chi connectivity index (χ2n) is 4.70. The number of carbonyl (C=O) groups is 1. The van der Waals surface area contributed by atoms with E-state index < -0.39 is 0 Å². The minimum atomic E-state index is -0.388. The van der Waals surface area contributed by atoms with E-state index in [9.17, 15) is 9.18 Å². The molecule has 0 aliphatic carbocycles. The highest BCUT2D eigenvalue weighted by molar-refractivity contribution is 5.94. The molecular formula is C16H17FN2O2. The summed E-state index contributed by atoms with van der Waals surface area (Å²) in [5, 5.41) is 2.81. The molecule has 0 bridgehead atoms. The topological polar surface area (TPSA) is 64.3 Å². The zero-order valence-corrected chi connectivity index (χ0v) is 11.9. The van der Waals surface area contributed by atoms with Crippen LogP contribution in [0.25, 0.3) is 0 Å². The number of ether oxygens (including phenoxy) is 1. The lowest BCUT2D eigenvalue weighted by molar-refractivity contribution is 0.0939. The van der Waals surface area contributed by atoms with E-state index in [0.717, 1.165) is 0 Å². The van der Waals surface area contributed by atoms with Gasteiger partial charge in [0.1, 0.15) is 11.6 Å². The van der Waals surface area contributed by atoms with Crippen LogP contribution in [0.3, 0.4) is 0 Å². The van der Waals surface area contributed by atoms with Crippen molar-refractivity contribution in [3.8, 4) is 5.75 Å². The number of anilines is 1. The van der Waals surface area contributed by atoms with Crippen LogP contribution >= 0.6 is 0 Å². The van der Waals surface area contributed by atoms with Crippen molar-refractivity contribution in [3.63, 3.8) is 0 Å². The van der Waals surface area contributed by atoms with Crippen molar-refractivity contribution >= 4 is 11.6 Å². The average molecular weight is 288 g/mol. The molecule has 1 atom stereocenters. The molecule has 110 valence electrons. The van der Waals surface area contributed by atoms with Crippen LogP contribution in [0.4, 0.5) is 10.1 Å². The predicted molar refractivity (Wildman–Crippen MR) is 79.7 cm³/mol. The lowest BCUT2D eigenvalue weighted by Crippen LogP contribution is -2.27. The van der Waals surface area contributed by atoms with E-state index in [1.54, 1.807) is 31.2 Å². The Hall–Kier alpha value is -2.56. The van der Waals surface area contributed by atoms with Gasteiger partial charge in [0.15, 0.2) is 0 Å². The maximum Gasteiger partial charge on any atom is 0.251 e. The fourth-order valence-electron chi connectivity index (χ4n) is 2.04. The van der Waals surface area contributed by atoms with Crippen molar-refractivity contribution in [2.45, 2.75) is 13.0 Å². The number of benzene rings is 2. The molecule has 0 saturated carbocycles. The van der Waals surface area contributed by atoms with Crippen molar-refractivity contribution in [2.75, 3.05) is 12.8 Å². The molecule has 0 heterocycles. The molecule has 0 aliphatic rings. The van der Waals surface area contributed by atoms with Crippen molar-refractivity contribution < 1.29 is 13.9 Å². The van der Waals surface area contributed by atoms with Crippen LogP contribution in [-0.2, 0) is 0 Å². The number of hydrogen-bond acceptors (Lipinski definition) is 3. The highest BCUT2D eigenvalue weighted by Crippen LogP contribution is 2.26. The van der Waals surface area contributed by atoms with Gasteiger partial charge in [-0.2, -0.15) is 0 Å². The van der Waals surface area contributed by atoms with Gasteiger partial charge in [-0.15, -0.1) is 0 Å². The first-order chi connectivity index (χ1) is 10.0. The number of methoxy groups -OCH3 is 1. The number of nitrogen functional groups attached to an aromatic ring is 1. The lowest BCUT2D eigenvalue weighted by Gasteiger charge is -2.17. The first-order valence-electron chi connectivity index (χ1n) is 6.51. The Balaban J connectivity index is 2.17. The summed E-state index contributed by atoms with van der Waals surface area (Å²) in [7, 11) is 1.51. The second-order valence-corrected chi connectivity index (χ2v) is 4.70. The van der Waals surface area contributed by atoms with E-state index in [0.29, 0.717) is 22.6 Å². The van der Waals surface area contributed by atoms with Gasteiger partial charge in [-0.3, -0.25) is 4.79 Å². The number of amides is 1. The molecule has 1 amide bonds. The molecule has 0 aliphatic heterocycles. The van der Waals surface area contributed by atoms with Crippen molar-refractivity contribution in [1.29, 1.82) is 0 Å². The Labute approximate surface area is 122 Å². The van der Waals surface area contributed by atoms with E-state index in [1.807, 2.05) is 0 Å².